The number of phenolic OH excluding ortho intramolecular Hbond substituents is 1. The maximum absolute atomic E-state index is 12.6. The van der Waals surface area contributed by atoms with E-state index in [9.17, 15) is 14.7 Å². The van der Waals surface area contributed by atoms with Crippen LogP contribution in [0.3, 0.4) is 0 Å². The first-order valence-corrected chi connectivity index (χ1v) is 9.59. The van der Waals surface area contributed by atoms with Gasteiger partial charge in [-0.15, -0.1) is 0 Å². The van der Waals surface area contributed by atoms with Crippen LogP contribution in [-0.2, 0) is 4.74 Å². The number of carbonyl (C=O) groups excluding carboxylic acids is 2. The van der Waals surface area contributed by atoms with Gasteiger partial charge in [0.2, 0.25) is 0 Å². The van der Waals surface area contributed by atoms with Crippen LogP contribution >= 0.6 is 0 Å². The summed E-state index contributed by atoms with van der Waals surface area (Å²) in [6.45, 7) is 4.68. The lowest BCUT2D eigenvalue weighted by Gasteiger charge is -2.37. The second kappa shape index (κ2) is 7.98. The van der Waals surface area contributed by atoms with Crippen LogP contribution in [0.2, 0.25) is 0 Å². The van der Waals surface area contributed by atoms with Crippen molar-refractivity contribution >= 4 is 12.0 Å². The number of nitrogens with zero attached hydrogens (tertiary/aromatic N) is 2. The third kappa shape index (κ3) is 4.11. The Morgan fingerprint density at radius 1 is 1.23 bits per heavy atom. The molecule has 0 bridgehead atoms. The van der Waals surface area contributed by atoms with Crippen LogP contribution in [-0.4, -0.2) is 58.7 Å². The van der Waals surface area contributed by atoms with Gasteiger partial charge in [0.15, 0.2) is 0 Å². The van der Waals surface area contributed by atoms with Crippen molar-refractivity contribution in [1.29, 1.82) is 0 Å². The first-order valence-electron chi connectivity index (χ1n) is 9.59. The van der Waals surface area contributed by atoms with Gasteiger partial charge < -0.3 is 19.6 Å². The summed E-state index contributed by atoms with van der Waals surface area (Å²) < 4.78 is 5.72. The predicted octanol–water partition coefficient (Wildman–Crippen LogP) is 3.40. The van der Waals surface area contributed by atoms with Gasteiger partial charge in [-0.2, -0.15) is 0 Å². The number of ether oxygens (including phenoxy) is 1. The molecule has 1 N–H and O–H groups in total. The smallest absolute Gasteiger partial charge is 0.410 e. The summed E-state index contributed by atoms with van der Waals surface area (Å²) in [5, 5.41) is 9.56. The number of likely N-dealkylation sites (tertiary alicyclic amines) is 1. The molecule has 3 rings (SSSR count). The molecule has 1 aromatic carbocycles. The molecule has 2 aliphatic rings. The van der Waals surface area contributed by atoms with Gasteiger partial charge in [-0.05, 0) is 24.6 Å². The molecule has 0 radical (unpaired) electrons. The highest BCUT2D eigenvalue weighted by molar-refractivity contribution is 5.94. The van der Waals surface area contributed by atoms with E-state index in [1.54, 1.807) is 23.1 Å². The van der Waals surface area contributed by atoms with E-state index < -0.39 is 5.60 Å². The molecule has 2 heterocycles. The van der Waals surface area contributed by atoms with Gasteiger partial charge >= 0.3 is 6.09 Å². The number of amides is 2. The summed E-state index contributed by atoms with van der Waals surface area (Å²) in [4.78, 5) is 28.4. The van der Waals surface area contributed by atoms with Crippen LogP contribution in [0.5, 0.6) is 5.75 Å². The summed E-state index contributed by atoms with van der Waals surface area (Å²) in [5.41, 5.74) is 0.0409. The van der Waals surface area contributed by atoms with Crippen molar-refractivity contribution < 1.29 is 19.4 Å². The van der Waals surface area contributed by atoms with Crippen LogP contribution in [0, 0.1) is 0 Å². The molecule has 6 nitrogen and oxygen atoms in total. The number of hydrogen-bond donors (Lipinski definition) is 1. The van der Waals surface area contributed by atoms with Crippen molar-refractivity contribution in [3.05, 3.63) is 29.8 Å². The van der Waals surface area contributed by atoms with Crippen LogP contribution < -0.4 is 0 Å². The molecule has 0 aliphatic carbocycles. The van der Waals surface area contributed by atoms with E-state index in [1.807, 2.05) is 4.90 Å². The van der Waals surface area contributed by atoms with Crippen molar-refractivity contribution in [1.82, 2.24) is 9.80 Å². The topological polar surface area (TPSA) is 70.1 Å². The van der Waals surface area contributed by atoms with Gasteiger partial charge in [-0.3, -0.25) is 4.79 Å². The van der Waals surface area contributed by atoms with Gasteiger partial charge in [0.05, 0.1) is 6.54 Å². The maximum Gasteiger partial charge on any atom is 0.410 e. The van der Waals surface area contributed by atoms with E-state index in [-0.39, 0.29) is 17.7 Å². The van der Waals surface area contributed by atoms with Gasteiger partial charge in [0, 0.05) is 38.0 Å². The molecule has 1 aromatic rings. The third-order valence-corrected chi connectivity index (χ3v) is 5.38. The highest BCUT2D eigenvalue weighted by Gasteiger charge is 2.47. The third-order valence-electron chi connectivity index (χ3n) is 5.38. The van der Waals surface area contributed by atoms with Gasteiger partial charge in [0.25, 0.3) is 5.91 Å². The fraction of sp³-hybridized carbons (Fsp3) is 0.600. The maximum atomic E-state index is 12.6. The molecule has 2 saturated heterocycles. The van der Waals surface area contributed by atoms with Gasteiger partial charge in [-0.1, -0.05) is 32.3 Å². The minimum atomic E-state index is -0.447. The molecule has 6 heteroatoms. The molecular weight excluding hydrogens is 332 g/mol. The molecule has 0 unspecified atom stereocenters. The normalized spacial score (nSPS) is 19.0. The first-order chi connectivity index (χ1) is 12.5. The second-order valence-corrected chi connectivity index (χ2v) is 7.38. The fourth-order valence-electron chi connectivity index (χ4n) is 3.79. The summed E-state index contributed by atoms with van der Waals surface area (Å²) in [5.74, 6) is 0.00395. The van der Waals surface area contributed by atoms with Crippen LogP contribution in [0.4, 0.5) is 4.79 Å². The van der Waals surface area contributed by atoms with Gasteiger partial charge in [0.1, 0.15) is 11.4 Å². The zero-order chi connectivity index (χ0) is 18.6. The number of hydrogen-bond acceptors (Lipinski definition) is 4. The number of piperidine rings is 1. The molecule has 0 aromatic heterocycles. The zero-order valence-electron chi connectivity index (χ0n) is 15.4. The van der Waals surface area contributed by atoms with Crippen LogP contribution in [0.25, 0.3) is 0 Å². The quantitative estimate of drug-likeness (QED) is 0.790. The Morgan fingerprint density at radius 2 is 2.00 bits per heavy atom. The number of unbranched alkanes of at least 4 members (excludes halogenated alkanes) is 3. The lowest BCUT2D eigenvalue weighted by Crippen LogP contribution is -2.48. The molecule has 142 valence electrons. The SMILES string of the molecule is CCCCCCN1CC2(CCN(C(=O)c3cccc(O)c3)CC2)OC1=O. The van der Waals surface area contributed by atoms with E-state index in [2.05, 4.69) is 6.92 Å². The lowest BCUT2D eigenvalue weighted by molar-refractivity contribution is 0.00312. The van der Waals surface area contributed by atoms with Crippen LogP contribution in [0.1, 0.15) is 55.8 Å². The molecule has 0 atom stereocenters. The van der Waals surface area contributed by atoms with E-state index in [0.29, 0.717) is 38.0 Å². The lowest BCUT2D eigenvalue weighted by atomic mass is 9.91. The Hall–Kier alpha value is -2.24. The zero-order valence-corrected chi connectivity index (χ0v) is 15.4. The number of aromatic hydroxyl groups is 1. The van der Waals surface area contributed by atoms with E-state index >= 15 is 0 Å². The molecule has 2 fully saturated rings. The Bertz CT molecular complexity index is 653. The average Bonchev–Trinajstić information content (AvgIpc) is 2.94. The van der Waals surface area contributed by atoms with Crippen LogP contribution in [0.15, 0.2) is 24.3 Å². The molecule has 26 heavy (non-hydrogen) atoms. The van der Waals surface area contributed by atoms with Crippen molar-refractivity contribution in [2.75, 3.05) is 26.2 Å². The van der Waals surface area contributed by atoms with E-state index in [0.717, 1.165) is 19.4 Å². The summed E-state index contributed by atoms with van der Waals surface area (Å²) in [6.07, 6.45) is 5.64. The van der Waals surface area contributed by atoms with E-state index in [1.165, 1.54) is 18.9 Å². The molecule has 1 spiro atoms. The molecule has 2 aliphatic heterocycles. The largest absolute Gasteiger partial charge is 0.508 e. The van der Waals surface area contributed by atoms with Crippen molar-refractivity contribution in [3.8, 4) is 5.75 Å². The Morgan fingerprint density at radius 3 is 2.69 bits per heavy atom. The highest BCUT2D eigenvalue weighted by Crippen LogP contribution is 2.34. The van der Waals surface area contributed by atoms with Crippen molar-refractivity contribution in [2.24, 2.45) is 0 Å². The second-order valence-electron chi connectivity index (χ2n) is 7.38. The summed E-state index contributed by atoms with van der Waals surface area (Å²) in [6, 6.07) is 6.42. The van der Waals surface area contributed by atoms with Crippen molar-refractivity contribution in [3.63, 3.8) is 0 Å². The average molecular weight is 360 g/mol. The van der Waals surface area contributed by atoms with Gasteiger partial charge in [-0.25, -0.2) is 4.79 Å². The highest BCUT2D eigenvalue weighted by atomic mass is 16.6. The standard InChI is InChI=1S/C20H28N2O4/c1-2-3-4-5-11-22-15-20(26-19(22)25)9-12-21(13-10-20)18(24)16-7-6-8-17(23)14-16/h6-8,14,23H,2-5,9-13,15H2,1H3. The summed E-state index contributed by atoms with van der Waals surface area (Å²) >= 11 is 0. The molecular formula is C20H28N2O4. The monoisotopic (exact) mass is 360 g/mol. The number of benzene rings is 1. The number of phenols is 1. The molecule has 0 saturated carbocycles. The first kappa shape index (κ1) is 18.5. The fourth-order valence-corrected chi connectivity index (χ4v) is 3.79. The Balaban J connectivity index is 1.53. The van der Waals surface area contributed by atoms with Crippen molar-refractivity contribution in [2.45, 2.75) is 51.0 Å². The minimum Gasteiger partial charge on any atom is -0.508 e. The Kier molecular flexibility index (Phi) is 5.69. The predicted molar refractivity (Wildman–Crippen MR) is 98.2 cm³/mol. The van der Waals surface area contributed by atoms with E-state index in [4.69, 9.17) is 4.74 Å². The Labute approximate surface area is 154 Å². The number of carbonyl (C=O) groups is 2. The number of rotatable bonds is 6. The summed E-state index contributed by atoms with van der Waals surface area (Å²) in [7, 11) is 0. The minimum absolute atomic E-state index is 0.0866. The molecule has 2 amide bonds.